The number of carbonyl (C=O) groups is 1. The normalized spacial score (nSPS) is 18.8. The van der Waals surface area contributed by atoms with Gasteiger partial charge in [0.15, 0.2) is 5.82 Å². The smallest absolute Gasteiger partial charge is 0.243 e. The van der Waals surface area contributed by atoms with Gasteiger partial charge in [-0.15, -0.1) is 5.10 Å². The second-order valence-electron chi connectivity index (χ2n) is 7.19. The summed E-state index contributed by atoms with van der Waals surface area (Å²) in [6.07, 6.45) is 1.12. The zero-order valence-electron chi connectivity index (χ0n) is 16.2. The van der Waals surface area contributed by atoms with Crippen molar-refractivity contribution in [1.82, 2.24) is 29.8 Å². The molecule has 3 aromatic rings. The number of nitrogens with zero attached hydrogens (tertiary/aromatic N) is 5. The summed E-state index contributed by atoms with van der Waals surface area (Å²) in [5.41, 5.74) is 0. The highest BCUT2D eigenvalue weighted by Crippen LogP contribution is 2.30. The molecule has 4 rings (SSSR count). The standard InChI is InChI=1S/C19H22N6O3S/c1-13(18-20-22-23-21-18)24(2)19(26)17-8-5-11-25(17)29(27,28)16-10-9-14-6-3-4-7-15(14)12-16/h3-4,6-7,9-10,12-13,17H,5,8,11H2,1-2H3,(H,20,21,22,23). The molecule has 9 nitrogen and oxygen atoms in total. The number of carbonyl (C=O) groups excluding carboxylic acids is 1. The maximum absolute atomic E-state index is 13.3. The van der Waals surface area contributed by atoms with Gasteiger partial charge in [0.05, 0.1) is 10.9 Å². The van der Waals surface area contributed by atoms with Crippen LogP contribution in [-0.4, -0.2) is 63.8 Å². The predicted molar refractivity (Wildman–Crippen MR) is 106 cm³/mol. The fourth-order valence-corrected chi connectivity index (χ4v) is 5.38. The minimum absolute atomic E-state index is 0.200. The Kier molecular flexibility index (Phi) is 5.05. The van der Waals surface area contributed by atoms with E-state index in [9.17, 15) is 13.2 Å². The average Bonchev–Trinajstić information content (AvgIpc) is 3.44. The van der Waals surface area contributed by atoms with Crippen molar-refractivity contribution in [2.75, 3.05) is 13.6 Å². The molecule has 2 unspecified atom stereocenters. The first-order chi connectivity index (χ1) is 13.9. The Morgan fingerprint density at radius 3 is 2.72 bits per heavy atom. The monoisotopic (exact) mass is 414 g/mol. The van der Waals surface area contributed by atoms with Gasteiger partial charge in [0.2, 0.25) is 15.9 Å². The summed E-state index contributed by atoms with van der Waals surface area (Å²) in [5, 5.41) is 15.4. The molecule has 2 atom stereocenters. The van der Waals surface area contributed by atoms with Crippen LogP contribution in [0.2, 0.25) is 0 Å². The van der Waals surface area contributed by atoms with E-state index in [0.29, 0.717) is 25.2 Å². The van der Waals surface area contributed by atoms with Gasteiger partial charge in [0, 0.05) is 13.6 Å². The van der Waals surface area contributed by atoms with E-state index >= 15 is 0 Å². The molecule has 1 aliphatic rings. The average molecular weight is 414 g/mol. The Hall–Kier alpha value is -2.85. The van der Waals surface area contributed by atoms with Gasteiger partial charge in [-0.25, -0.2) is 13.5 Å². The quantitative estimate of drug-likeness (QED) is 0.680. The third-order valence-electron chi connectivity index (χ3n) is 5.50. The summed E-state index contributed by atoms with van der Waals surface area (Å²) >= 11 is 0. The molecular formula is C19H22N6O3S. The third kappa shape index (κ3) is 3.49. The topological polar surface area (TPSA) is 112 Å². The van der Waals surface area contributed by atoms with Gasteiger partial charge < -0.3 is 4.90 Å². The van der Waals surface area contributed by atoms with Crippen molar-refractivity contribution in [3.8, 4) is 0 Å². The van der Waals surface area contributed by atoms with Crippen LogP contribution in [-0.2, 0) is 14.8 Å². The fourth-order valence-electron chi connectivity index (χ4n) is 3.69. The molecule has 152 valence electrons. The number of aromatic nitrogens is 4. The fraction of sp³-hybridized carbons (Fsp3) is 0.368. The van der Waals surface area contributed by atoms with Gasteiger partial charge >= 0.3 is 0 Å². The maximum atomic E-state index is 13.3. The molecule has 1 aliphatic heterocycles. The summed E-state index contributed by atoms with van der Waals surface area (Å²) in [5.74, 6) is 0.179. The van der Waals surface area contributed by atoms with Gasteiger partial charge in [0.25, 0.3) is 0 Å². The molecule has 2 heterocycles. The predicted octanol–water partition coefficient (Wildman–Crippen LogP) is 1.73. The Bertz CT molecular complexity index is 1130. The molecule has 1 amide bonds. The minimum Gasteiger partial charge on any atom is -0.334 e. The molecule has 1 N–H and O–H groups in total. The second kappa shape index (κ2) is 7.53. The number of benzene rings is 2. The number of hydrogen-bond donors (Lipinski definition) is 1. The van der Waals surface area contributed by atoms with Crippen LogP contribution >= 0.6 is 0 Å². The Labute approximate surface area is 168 Å². The number of likely N-dealkylation sites (N-methyl/N-ethyl adjacent to an activating group) is 1. The van der Waals surface area contributed by atoms with E-state index in [-0.39, 0.29) is 10.8 Å². The highest BCUT2D eigenvalue weighted by molar-refractivity contribution is 7.89. The number of tetrazole rings is 1. The Balaban J connectivity index is 1.61. The van der Waals surface area contributed by atoms with Gasteiger partial charge in [-0.2, -0.15) is 4.31 Å². The van der Waals surface area contributed by atoms with Crippen molar-refractivity contribution in [3.63, 3.8) is 0 Å². The zero-order chi connectivity index (χ0) is 20.6. The van der Waals surface area contributed by atoms with E-state index in [1.807, 2.05) is 24.3 Å². The summed E-state index contributed by atoms with van der Waals surface area (Å²) in [6, 6.07) is 11.5. The molecular weight excluding hydrogens is 392 g/mol. The van der Waals surface area contributed by atoms with Gasteiger partial charge in [0.1, 0.15) is 6.04 Å². The van der Waals surface area contributed by atoms with Crippen molar-refractivity contribution >= 4 is 26.7 Å². The van der Waals surface area contributed by atoms with Crippen molar-refractivity contribution < 1.29 is 13.2 Å². The number of fused-ring (bicyclic) bond motifs is 1. The van der Waals surface area contributed by atoms with Crippen molar-refractivity contribution in [3.05, 3.63) is 48.3 Å². The van der Waals surface area contributed by atoms with Crippen molar-refractivity contribution in [1.29, 1.82) is 0 Å². The van der Waals surface area contributed by atoms with Crippen LogP contribution in [0, 0.1) is 0 Å². The highest BCUT2D eigenvalue weighted by Gasteiger charge is 2.41. The van der Waals surface area contributed by atoms with Crippen LogP contribution in [0.1, 0.15) is 31.6 Å². The molecule has 0 bridgehead atoms. The first kappa shape index (κ1) is 19.5. The number of aromatic amines is 1. The third-order valence-corrected chi connectivity index (χ3v) is 7.41. The van der Waals surface area contributed by atoms with Crippen molar-refractivity contribution in [2.45, 2.75) is 36.7 Å². The van der Waals surface area contributed by atoms with Crippen LogP contribution in [0.5, 0.6) is 0 Å². The lowest BCUT2D eigenvalue weighted by Gasteiger charge is -2.30. The van der Waals surface area contributed by atoms with Gasteiger partial charge in [-0.1, -0.05) is 30.3 Å². The summed E-state index contributed by atoms with van der Waals surface area (Å²) < 4.78 is 28.0. The lowest BCUT2D eigenvalue weighted by Crippen LogP contribution is -2.47. The SMILES string of the molecule is CC(c1nnn[nH]1)N(C)C(=O)C1CCCN1S(=O)(=O)c1ccc2ccccc2c1. The van der Waals surface area contributed by atoms with E-state index in [4.69, 9.17) is 0 Å². The van der Waals surface area contributed by atoms with E-state index in [1.54, 1.807) is 32.2 Å². The van der Waals surface area contributed by atoms with Crippen LogP contribution in [0.25, 0.3) is 10.8 Å². The second-order valence-corrected chi connectivity index (χ2v) is 9.08. The molecule has 1 fully saturated rings. The molecule has 29 heavy (non-hydrogen) atoms. The molecule has 2 aromatic carbocycles. The molecule has 10 heteroatoms. The largest absolute Gasteiger partial charge is 0.334 e. The van der Waals surface area contributed by atoms with Crippen LogP contribution in [0.4, 0.5) is 0 Å². The van der Waals surface area contributed by atoms with Gasteiger partial charge in [-0.05, 0) is 53.1 Å². The van der Waals surface area contributed by atoms with E-state index in [0.717, 1.165) is 10.8 Å². The summed E-state index contributed by atoms with van der Waals surface area (Å²) in [7, 11) is -2.17. The Morgan fingerprint density at radius 2 is 2.00 bits per heavy atom. The van der Waals surface area contributed by atoms with Crippen LogP contribution < -0.4 is 0 Å². The molecule has 1 saturated heterocycles. The van der Waals surface area contributed by atoms with E-state index in [2.05, 4.69) is 20.6 Å². The van der Waals surface area contributed by atoms with Gasteiger partial charge in [-0.3, -0.25) is 4.79 Å². The lowest BCUT2D eigenvalue weighted by atomic mass is 10.1. The number of rotatable bonds is 5. The minimum atomic E-state index is -3.80. The maximum Gasteiger partial charge on any atom is 0.243 e. The molecule has 0 spiro atoms. The Morgan fingerprint density at radius 1 is 1.24 bits per heavy atom. The number of amides is 1. The number of H-pyrrole nitrogens is 1. The van der Waals surface area contributed by atoms with Crippen LogP contribution in [0.3, 0.4) is 0 Å². The molecule has 0 saturated carbocycles. The summed E-state index contributed by atoms with van der Waals surface area (Å²) in [6.45, 7) is 2.11. The summed E-state index contributed by atoms with van der Waals surface area (Å²) in [4.78, 5) is 14.8. The molecule has 0 radical (unpaired) electrons. The van der Waals surface area contributed by atoms with Crippen LogP contribution in [0.15, 0.2) is 47.4 Å². The first-order valence-electron chi connectivity index (χ1n) is 9.40. The zero-order valence-corrected chi connectivity index (χ0v) is 17.0. The highest BCUT2D eigenvalue weighted by atomic mass is 32.2. The number of hydrogen-bond acceptors (Lipinski definition) is 6. The number of nitrogens with one attached hydrogen (secondary N) is 1. The van der Waals surface area contributed by atoms with Crippen molar-refractivity contribution in [2.24, 2.45) is 0 Å². The van der Waals surface area contributed by atoms with E-state index in [1.165, 1.54) is 9.21 Å². The lowest BCUT2D eigenvalue weighted by molar-refractivity contribution is -0.135. The van der Waals surface area contributed by atoms with E-state index < -0.39 is 22.1 Å². The first-order valence-corrected chi connectivity index (χ1v) is 10.8. The number of sulfonamides is 1. The molecule has 0 aliphatic carbocycles. The molecule has 1 aromatic heterocycles.